The van der Waals surface area contributed by atoms with Crippen molar-refractivity contribution in [1.29, 1.82) is 10.8 Å². The van der Waals surface area contributed by atoms with Crippen LogP contribution in [0.4, 0.5) is 13.2 Å². The molecule has 0 spiro atoms. The Morgan fingerprint density at radius 1 is 1.43 bits per heavy atom. The zero-order valence-electron chi connectivity index (χ0n) is 7.31. The summed E-state index contributed by atoms with van der Waals surface area (Å²) in [5, 5.41) is 14.4. The minimum atomic E-state index is -4.44. The third-order valence-corrected chi connectivity index (χ3v) is 1.64. The van der Waals surface area contributed by atoms with Gasteiger partial charge in [0, 0.05) is 6.20 Å². The van der Waals surface area contributed by atoms with E-state index in [1.54, 1.807) is 0 Å². The number of hydrogen-bond donors (Lipinski definition) is 2. The molecule has 0 atom stereocenters. The minimum absolute atomic E-state index is 0.00345. The van der Waals surface area contributed by atoms with E-state index in [1.807, 2.05) is 0 Å². The number of aromatic nitrogens is 1. The number of pyridine rings is 1. The van der Waals surface area contributed by atoms with Crippen LogP contribution in [0, 0.1) is 10.8 Å². The van der Waals surface area contributed by atoms with Crippen LogP contribution in [0.3, 0.4) is 0 Å². The molecule has 0 aliphatic heterocycles. The lowest BCUT2D eigenvalue weighted by atomic mass is 10.2. The molecule has 1 rings (SSSR count). The first-order valence-corrected chi connectivity index (χ1v) is 3.72. The third-order valence-electron chi connectivity index (χ3n) is 1.64. The molecule has 14 heavy (non-hydrogen) atoms. The summed E-state index contributed by atoms with van der Waals surface area (Å²) in [6, 6.07) is 1.54. The number of hydrogen-bond acceptors (Lipinski definition) is 2. The number of alkyl halides is 3. The van der Waals surface area contributed by atoms with Gasteiger partial charge >= 0.3 is 6.18 Å². The molecule has 3 nitrogen and oxygen atoms in total. The first kappa shape index (κ1) is 10.5. The largest absolute Gasteiger partial charge is 0.416 e. The van der Waals surface area contributed by atoms with Crippen molar-refractivity contribution in [2.75, 3.05) is 0 Å². The van der Waals surface area contributed by atoms with E-state index in [1.165, 1.54) is 6.92 Å². The molecule has 0 aliphatic carbocycles. The average Bonchev–Trinajstić information content (AvgIpc) is 2.01. The van der Waals surface area contributed by atoms with Gasteiger partial charge in [0.15, 0.2) is 0 Å². The molecule has 0 unspecified atom stereocenters. The van der Waals surface area contributed by atoms with Crippen molar-refractivity contribution in [3.63, 3.8) is 0 Å². The molecule has 1 heterocycles. The van der Waals surface area contributed by atoms with Gasteiger partial charge in [-0.25, -0.2) is 0 Å². The Bertz CT molecular complexity index is 417. The summed E-state index contributed by atoms with van der Waals surface area (Å²) >= 11 is 0. The fourth-order valence-corrected chi connectivity index (χ4v) is 0.969. The molecule has 0 radical (unpaired) electrons. The van der Waals surface area contributed by atoms with Gasteiger partial charge in [-0.15, -0.1) is 0 Å². The van der Waals surface area contributed by atoms with E-state index in [4.69, 9.17) is 10.8 Å². The minimum Gasteiger partial charge on any atom is -0.291 e. The van der Waals surface area contributed by atoms with E-state index in [9.17, 15) is 13.2 Å². The lowest BCUT2D eigenvalue weighted by Crippen LogP contribution is -2.25. The monoisotopic (exact) mass is 203 g/mol. The lowest BCUT2D eigenvalue weighted by molar-refractivity contribution is -0.137. The number of halogens is 3. The maximum absolute atomic E-state index is 12.2. The van der Waals surface area contributed by atoms with Gasteiger partial charge in [0.2, 0.25) is 0 Å². The molecule has 0 fully saturated rings. The summed E-state index contributed by atoms with van der Waals surface area (Å²) in [4.78, 5) is 0. The highest BCUT2D eigenvalue weighted by Crippen LogP contribution is 2.27. The Hall–Kier alpha value is -1.59. The Kier molecular flexibility index (Phi) is 2.46. The standard InChI is InChI=1S/C8H8F3N3/c1-5(12)14-3-2-6(4-7(14)13)8(9,10)11/h2-4,12-13H,1H3. The molecular formula is C8H8F3N3. The van der Waals surface area contributed by atoms with Gasteiger partial charge in [0.05, 0.1) is 5.56 Å². The van der Waals surface area contributed by atoms with Crippen molar-refractivity contribution < 1.29 is 13.2 Å². The summed E-state index contributed by atoms with van der Waals surface area (Å²) < 4.78 is 37.5. The van der Waals surface area contributed by atoms with Crippen molar-refractivity contribution in [2.24, 2.45) is 0 Å². The number of nitrogens with zero attached hydrogens (tertiary/aromatic N) is 1. The SMILES string of the molecule is CC(=N)n1ccc(C(F)(F)F)cc1=N. The summed E-state index contributed by atoms with van der Waals surface area (Å²) in [7, 11) is 0. The molecule has 2 N–H and O–H groups in total. The Morgan fingerprint density at radius 2 is 2.00 bits per heavy atom. The van der Waals surface area contributed by atoms with Crippen LogP contribution in [0.15, 0.2) is 18.3 Å². The zero-order chi connectivity index (χ0) is 10.9. The first-order chi connectivity index (χ1) is 6.32. The fraction of sp³-hybridized carbons (Fsp3) is 0.250. The second-order valence-corrected chi connectivity index (χ2v) is 2.75. The Labute approximate surface area is 77.8 Å². The molecular weight excluding hydrogens is 195 g/mol. The van der Waals surface area contributed by atoms with Gasteiger partial charge in [-0.05, 0) is 19.1 Å². The van der Waals surface area contributed by atoms with Gasteiger partial charge in [-0.2, -0.15) is 13.2 Å². The maximum atomic E-state index is 12.2. The zero-order valence-corrected chi connectivity index (χ0v) is 7.31. The first-order valence-electron chi connectivity index (χ1n) is 3.72. The molecule has 0 saturated heterocycles. The molecule has 1 aromatic heterocycles. The van der Waals surface area contributed by atoms with Crippen molar-refractivity contribution in [3.8, 4) is 0 Å². The lowest BCUT2D eigenvalue weighted by Gasteiger charge is -2.08. The van der Waals surface area contributed by atoms with Gasteiger partial charge in [-0.3, -0.25) is 15.4 Å². The molecule has 0 bridgehead atoms. The van der Waals surface area contributed by atoms with Crippen LogP contribution in [0.1, 0.15) is 12.5 Å². The quantitative estimate of drug-likeness (QED) is 0.477. The van der Waals surface area contributed by atoms with Gasteiger partial charge < -0.3 is 0 Å². The molecule has 6 heteroatoms. The summed E-state index contributed by atoms with van der Waals surface area (Å²) in [6.07, 6.45) is -3.38. The predicted octanol–water partition coefficient (Wildman–Crippen LogP) is 1.83. The average molecular weight is 203 g/mol. The number of nitrogens with one attached hydrogen (secondary N) is 2. The van der Waals surface area contributed by atoms with Crippen LogP contribution in [-0.4, -0.2) is 10.4 Å². The van der Waals surface area contributed by atoms with E-state index < -0.39 is 11.7 Å². The summed E-state index contributed by atoms with van der Waals surface area (Å²) in [5.41, 5.74) is -1.23. The normalized spacial score (nSPS) is 11.4. The van der Waals surface area contributed by atoms with Gasteiger partial charge in [0.1, 0.15) is 11.3 Å². The molecule has 1 aromatic rings. The molecule has 0 amide bonds. The van der Waals surface area contributed by atoms with Crippen molar-refractivity contribution in [1.82, 2.24) is 4.57 Å². The summed E-state index contributed by atoms with van der Waals surface area (Å²) in [6.45, 7) is 1.39. The molecule has 0 aromatic carbocycles. The molecule has 76 valence electrons. The van der Waals surface area contributed by atoms with E-state index in [0.717, 1.165) is 16.8 Å². The van der Waals surface area contributed by atoms with Crippen LogP contribution in [0.25, 0.3) is 0 Å². The maximum Gasteiger partial charge on any atom is 0.416 e. The van der Waals surface area contributed by atoms with Crippen LogP contribution in [0.5, 0.6) is 0 Å². The van der Waals surface area contributed by atoms with Crippen molar-refractivity contribution in [2.45, 2.75) is 13.1 Å². The Morgan fingerprint density at radius 3 is 2.36 bits per heavy atom. The van der Waals surface area contributed by atoms with Crippen molar-refractivity contribution in [3.05, 3.63) is 29.4 Å². The number of rotatable bonds is 0. The van der Waals surface area contributed by atoms with Crippen LogP contribution in [0.2, 0.25) is 0 Å². The van der Waals surface area contributed by atoms with E-state index >= 15 is 0 Å². The Balaban J connectivity index is 3.27. The fourth-order valence-electron chi connectivity index (χ4n) is 0.969. The molecule has 0 aliphatic rings. The highest BCUT2D eigenvalue weighted by molar-refractivity contribution is 5.78. The van der Waals surface area contributed by atoms with Crippen LogP contribution in [-0.2, 0) is 6.18 Å². The second-order valence-electron chi connectivity index (χ2n) is 2.75. The van der Waals surface area contributed by atoms with E-state index in [-0.39, 0.29) is 11.3 Å². The van der Waals surface area contributed by atoms with Crippen LogP contribution < -0.4 is 5.49 Å². The summed E-state index contributed by atoms with van der Waals surface area (Å²) in [5.74, 6) is 0.00345. The van der Waals surface area contributed by atoms with Gasteiger partial charge in [0.25, 0.3) is 0 Å². The predicted molar refractivity (Wildman–Crippen MR) is 44.1 cm³/mol. The smallest absolute Gasteiger partial charge is 0.291 e. The second kappa shape index (κ2) is 3.28. The highest BCUT2D eigenvalue weighted by atomic mass is 19.4. The third kappa shape index (κ3) is 2.01. The highest BCUT2D eigenvalue weighted by Gasteiger charge is 2.30. The molecule has 0 saturated carbocycles. The van der Waals surface area contributed by atoms with Crippen LogP contribution >= 0.6 is 0 Å². The van der Waals surface area contributed by atoms with Gasteiger partial charge in [-0.1, -0.05) is 0 Å². The van der Waals surface area contributed by atoms with E-state index in [0.29, 0.717) is 6.07 Å². The van der Waals surface area contributed by atoms with Crippen molar-refractivity contribution >= 4 is 5.84 Å². The topological polar surface area (TPSA) is 52.6 Å². The van der Waals surface area contributed by atoms with E-state index in [2.05, 4.69) is 0 Å².